The van der Waals surface area contributed by atoms with Gasteiger partial charge in [-0.1, -0.05) is 15.9 Å². The van der Waals surface area contributed by atoms with Crippen LogP contribution < -0.4 is 4.90 Å². The fourth-order valence-electron chi connectivity index (χ4n) is 1.54. The highest BCUT2D eigenvalue weighted by Gasteiger charge is 2.17. The molecule has 4 nitrogen and oxygen atoms in total. The van der Waals surface area contributed by atoms with Crippen molar-refractivity contribution in [2.75, 3.05) is 11.9 Å². The lowest BCUT2D eigenvalue weighted by Crippen LogP contribution is -2.26. The molecule has 1 heterocycles. The molecule has 0 saturated heterocycles. The Morgan fingerprint density at radius 3 is 2.78 bits per heavy atom. The largest absolute Gasteiger partial charge is 0.507 e. The van der Waals surface area contributed by atoms with E-state index in [0.717, 1.165) is 4.47 Å². The first kappa shape index (κ1) is 12.6. The molecular weight excluding hydrogens is 296 g/mol. The number of benzene rings is 1. The molecule has 2 aromatic rings. The van der Waals surface area contributed by atoms with Crippen molar-refractivity contribution in [1.29, 1.82) is 0 Å². The molecule has 18 heavy (non-hydrogen) atoms. The molecule has 1 aromatic heterocycles. The number of halogens is 1. The van der Waals surface area contributed by atoms with Gasteiger partial charge in [0.25, 0.3) is 5.91 Å². The second-order valence-corrected chi connectivity index (χ2v) is 4.65. The van der Waals surface area contributed by atoms with E-state index in [-0.39, 0.29) is 17.2 Å². The van der Waals surface area contributed by atoms with Gasteiger partial charge in [0.1, 0.15) is 5.75 Å². The minimum absolute atomic E-state index is 0.0508. The van der Waals surface area contributed by atoms with Crippen LogP contribution in [0.3, 0.4) is 0 Å². The number of anilines is 1. The summed E-state index contributed by atoms with van der Waals surface area (Å²) in [5, 5.41) is 9.76. The molecule has 92 valence electrons. The number of amides is 1. The summed E-state index contributed by atoms with van der Waals surface area (Å²) in [5.74, 6) is -0.335. The molecule has 1 N–H and O–H groups in total. The average molecular weight is 307 g/mol. The van der Waals surface area contributed by atoms with Crippen LogP contribution >= 0.6 is 15.9 Å². The van der Waals surface area contributed by atoms with E-state index in [0.29, 0.717) is 5.69 Å². The molecule has 0 aliphatic rings. The molecular formula is C13H11BrN2O2. The fraction of sp³-hybridized carbons (Fsp3) is 0.0769. The number of hydrogen-bond donors (Lipinski definition) is 1. The van der Waals surface area contributed by atoms with E-state index in [9.17, 15) is 9.90 Å². The fourth-order valence-corrected chi connectivity index (χ4v) is 1.88. The van der Waals surface area contributed by atoms with Gasteiger partial charge in [0.05, 0.1) is 17.4 Å². The van der Waals surface area contributed by atoms with E-state index in [2.05, 4.69) is 20.9 Å². The van der Waals surface area contributed by atoms with Crippen LogP contribution in [0.5, 0.6) is 5.75 Å². The number of pyridine rings is 1. The number of aromatic hydroxyl groups is 1. The Kier molecular flexibility index (Phi) is 3.62. The molecule has 1 amide bonds. The van der Waals surface area contributed by atoms with E-state index in [4.69, 9.17) is 0 Å². The molecule has 0 aliphatic carbocycles. The quantitative estimate of drug-likeness (QED) is 0.928. The Labute approximate surface area is 113 Å². The zero-order valence-corrected chi connectivity index (χ0v) is 11.3. The van der Waals surface area contributed by atoms with Crippen LogP contribution in [0.1, 0.15) is 10.4 Å². The lowest BCUT2D eigenvalue weighted by Gasteiger charge is -2.17. The van der Waals surface area contributed by atoms with E-state index in [1.54, 1.807) is 43.7 Å². The Morgan fingerprint density at radius 2 is 2.17 bits per heavy atom. The monoisotopic (exact) mass is 306 g/mol. The van der Waals surface area contributed by atoms with E-state index in [1.807, 2.05) is 0 Å². The Morgan fingerprint density at radius 1 is 1.39 bits per heavy atom. The highest BCUT2D eigenvalue weighted by molar-refractivity contribution is 9.10. The van der Waals surface area contributed by atoms with Crippen LogP contribution in [-0.4, -0.2) is 23.0 Å². The maximum absolute atomic E-state index is 12.2. The predicted molar refractivity (Wildman–Crippen MR) is 72.8 cm³/mol. The summed E-state index contributed by atoms with van der Waals surface area (Å²) in [6.45, 7) is 0. The number of carbonyl (C=O) groups excluding carboxylic acids is 1. The second kappa shape index (κ2) is 5.18. The van der Waals surface area contributed by atoms with Gasteiger partial charge in [-0.15, -0.1) is 0 Å². The number of nitrogens with zero attached hydrogens (tertiary/aromatic N) is 2. The number of hydrogen-bond acceptors (Lipinski definition) is 3. The van der Waals surface area contributed by atoms with Gasteiger partial charge in [-0.25, -0.2) is 0 Å². The van der Waals surface area contributed by atoms with E-state index in [1.165, 1.54) is 11.0 Å². The number of phenols is 1. The minimum Gasteiger partial charge on any atom is -0.507 e. The van der Waals surface area contributed by atoms with Crippen LogP contribution in [0, 0.1) is 0 Å². The van der Waals surface area contributed by atoms with Gasteiger partial charge in [-0.05, 0) is 30.3 Å². The summed E-state index contributed by atoms with van der Waals surface area (Å²) in [6, 6.07) is 8.31. The summed E-state index contributed by atoms with van der Waals surface area (Å²) >= 11 is 3.23. The normalized spacial score (nSPS) is 10.1. The van der Waals surface area contributed by atoms with Crippen molar-refractivity contribution in [2.45, 2.75) is 0 Å². The highest BCUT2D eigenvalue weighted by Crippen LogP contribution is 2.24. The first-order valence-corrected chi connectivity index (χ1v) is 6.05. The zero-order chi connectivity index (χ0) is 13.1. The predicted octanol–water partition coefficient (Wildman–Crippen LogP) is 2.83. The van der Waals surface area contributed by atoms with Crippen molar-refractivity contribution in [1.82, 2.24) is 4.98 Å². The maximum Gasteiger partial charge on any atom is 0.261 e. The molecule has 0 fully saturated rings. The van der Waals surface area contributed by atoms with Crippen molar-refractivity contribution in [2.24, 2.45) is 0 Å². The van der Waals surface area contributed by atoms with E-state index < -0.39 is 0 Å². The van der Waals surface area contributed by atoms with Gasteiger partial charge in [-0.3, -0.25) is 9.78 Å². The highest BCUT2D eigenvalue weighted by atomic mass is 79.9. The number of carbonyl (C=O) groups is 1. The van der Waals surface area contributed by atoms with Crippen LogP contribution in [0.2, 0.25) is 0 Å². The molecule has 0 bridgehead atoms. The van der Waals surface area contributed by atoms with Crippen molar-refractivity contribution in [3.8, 4) is 5.75 Å². The summed E-state index contributed by atoms with van der Waals surface area (Å²) in [5.41, 5.74) is 0.925. The van der Waals surface area contributed by atoms with Gasteiger partial charge in [-0.2, -0.15) is 0 Å². The third kappa shape index (κ3) is 2.51. The van der Waals surface area contributed by atoms with Crippen molar-refractivity contribution < 1.29 is 9.90 Å². The molecule has 1 aromatic carbocycles. The smallest absolute Gasteiger partial charge is 0.261 e. The third-order valence-electron chi connectivity index (χ3n) is 2.53. The molecule has 0 aliphatic heterocycles. The van der Waals surface area contributed by atoms with Crippen LogP contribution in [-0.2, 0) is 0 Å². The minimum atomic E-state index is -0.284. The van der Waals surface area contributed by atoms with Crippen molar-refractivity contribution in [3.05, 3.63) is 52.8 Å². The van der Waals surface area contributed by atoms with Crippen LogP contribution in [0.15, 0.2) is 47.2 Å². The van der Waals surface area contributed by atoms with Gasteiger partial charge in [0.2, 0.25) is 0 Å². The first-order valence-electron chi connectivity index (χ1n) is 5.26. The molecule has 0 atom stereocenters. The zero-order valence-electron chi connectivity index (χ0n) is 9.67. The molecule has 5 heteroatoms. The Bertz CT molecular complexity index is 572. The second-order valence-electron chi connectivity index (χ2n) is 3.74. The van der Waals surface area contributed by atoms with Crippen molar-refractivity contribution >= 4 is 27.5 Å². The van der Waals surface area contributed by atoms with Gasteiger partial charge >= 0.3 is 0 Å². The molecule has 0 saturated carbocycles. The number of aromatic nitrogens is 1. The molecule has 0 spiro atoms. The first-order chi connectivity index (χ1) is 8.59. The maximum atomic E-state index is 12.2. The standard InChI is InChI=1S/C13H11BrN2O2/c1-16(10-3-2-6-15-8-10)13(18)11-5-4-9(14)7-12(11)17/h2-8,17H,1H3. The Balaban J connectivity index is 2.32. The SMILES string of the molecule is CN(C(=O)c1ccc(Br)cc1O)c1cccnc1. The van der Waals surface area contributed by atoms with Gasteiger partial charge < -0.3 is 10.0 Å². The molecule has 0 radical (unpaired) electrons. The molecule has 2 rings (SSSR count). The summed E-state index contributed by atoms with van der Waals surface area (Å²) in [7, 11) is 1.64. The van der Waals surface area contributed by atoms with Crippen LogP contribution in [0.4, 0.5) is 5.69 Å². The van der Waals surface area contributed by atoms with Gasteiger partial charge in [0, 0.05) is 17.7 Å². The lowest BCUT2D eigenvalue weighted by atomic mass is 10.1. The van der Waals surface area contributed by atoms with Crippen LogP contribution in [0.25, 0.3) is 0 Å². The number of rotatable bonds is 2. The Hall–Kier alpha value is -1.88. The van der Waals surface area contributed by atoms with Gasteiger partial charge in [0.15, 0.2) is 0 Å². The average Bonchev–Trinajstić information content (AvgIpc) is 2.38. The van der Waals surface area contributed by atoms with E-state index >= 15 is 0 Å². The topological polar surface area (TPSA) is 53.4 Å². The number of phenolic OH excluding ortho intramolecular Hbond substituents is 1. The summed E-state index contributed by atoms with van der Waals surface area (Å²) in [4.78, 5) is 17.6. The lowest BCUT2D eigenvalue weighted by molar-refractivity contribution is 0.0990. The van der Waals surface area contributed by atoms with Crippen molar-refractivity contribution in [3.63, 3.8) is 0 Å². The summed E-state index contributed by atoms with van der Waals surface area (Å²) in [6.07, 6.45) is 3.23. The third-order valence-corrected chi connectivity index (χ3v) is 3.02. The summed E-state index contributed by atoms with van der Waals surface area (Å²) < 4.78 is 0.723. The molecule has 0 unspecified atom stereocenters.